The van der Waals surface area contributed by atoms with Crippen LogP contribution >= 0.6 is 15.9 Å². The first-order valence-electron chi connectivity index (χ1n) is 6.30. The maximum absolute atomic E-state index is 12.4. The molecule has 1 aromatic carbocycles. The number of nitrogens with one attached hydrogen (secondary N) is 1. The third kappa shape index (κ3) is 2.89. The van der Waals surface area contributed by atoms with Gasteiger partial charge in [-0.3, -0.25) is 4.79 Å². The zero-order valence-corrected chi connectivity index (χ0v) is 13.4. The van der Waals surface area contributed by atoms with Crippen molar-refractivity contribution in [3.63, 3.8) is 0 Å². The summed E-state index contributed by atoms with van der Waals surface area (Å²) in [5.74, 6) is -1.11. The fraction of sp³-hybridized carbons (Fsp3) is 0.462. The third-order valence-electron chi connectivity index (χ3n) is 3.57. The Labute approximate surface area is 126 Å². The number of hydrogen-bond acceptors (Lipinski definition) is 3. The molecule has 0 bridgehead atoms. The molecule has 0 aliphatic heterocycles. The summed E-state index contributed by atoms with van der Waals surface area (Å²) in [5.41, 5.74) is -0.451. The minimum absolute atomic E-state index is 0.0654. The number of aliphatic carboxylic acids is 1. The van der Waals surface area contributed by atoms with Gasteiger partial charge in [-0.1, -0.05) is 18.9 Å². The quantitative estimate of drug-likeness (QED) is 0.862. The van der Waals surface area contributed by atoms with Crippen LogP contribution in [0.2, 0.25) is 0 Å². The van der Waals surface area contributed by atoms with E-state index in [1.54, 1.807) is 12.1 Å². The minimum atomic E-state index is -3.87. The first-order valence-corrected chi connectivity index (χ1v) is 8.58. The summed E-state index contributed by atoms with van der Waals surface area (Å²) in [6, 6.07) is 4.85. The van der Waals surface area contributed by atoms with Gasteiger partial charge in [0.25, 0.3) is 0 Å². The molecular weight excluding hydrogens is 346 g/mol. The van der Waals surface area contributed by atoms with Gasteiger partial charge in [0, 0.05) is 4.47 Å². The average molecular weight is 362 g/mol. The van der Waals surface area contributed by atoms with Crippen molar-refractivity contribution in [2.45, 2.75) is 43.0 Å². The van der Waals surface area contributed by atoms with E-state index in [1.165, 1.54) is 6.07 Å². The van der Waals surface area contributed by atoms with Gasteiger partial charge in [-0.2, -0.15) is 4.72 Å². The maximum atomic E-state index is 12.4. The molecule has 1 aliphatic rings. The van der Waals surface area contributed by atoms with Crippen molar-refractivity contribution in [2.24, 2.45) is 0 Å². The first-order chi connectivity index (χ1) is 9.27. The lowest BCUT2D eigenvalue weighted by atomic mass is 10.0. The topological polar surface area (TPSA) is 83.5 Å². The van der Waals surface area contributed by atoms with E-state index in [9.17, 15) is 18.3 Å². The molecule has 7 heteroatoms. The standard InChI is InChI=1S/C13H16BrNO4S/c1-9-4-5-11(10(14)8-9)20(18,19)15-13(12(16)17)6-2-3-7-13/h4-5,8,15H,2-3,6-7H2,1H3,(H,16,17). The Bertz CT molecular complexity index is 636. The Morgan fingerprint density at radius 2 is 1.95 bits per heavy atom. The molecule has 2 N–H and O–H groups in total. The van der Waals surface area contributed by atoms with Gasteiger partial charge in [0.15, 0.2) is 0 Å². The van der Waals surface area contributed by atoms with Gasteiger partial charge in [-0.05, 0) is 53.4 Å². The molecule has 0 amide bonds. The Kier molecular flexibility index (Phi) is 4.22. The molecule has 1 aliphatic carbocycles. The summed E-state index contributed by atoms with van der Waals surface area (Å²) in [6.07, 6.45) is 2.07. The van der Waals surface area contributed by atoms with Crippen molar-refractivity contribution in [1.82, 2.24) is 4.72 Å². The SMILES string of the molecule is Cc1ccc(S(=O)(=O)NC2(C(=O)O)CCCC2)c(Br)c1. The number of halogens is 1. The molecule has 0 radical (unpaired) electrons. The second-order valence-electron chi connectivity index (χ2n) is 5.13. The van der Waals surface area contributed by atoms with Crippen LogP contribution in [-0.2, 0) is 14.8 Å². The monoisotopic (exact) mass is 361 g/mol. The van der Waals surface area contributed by atoms with Crippen LogP contribution in [-0.4, -0.2) is 25.0 Å². The van der Waals surface area contributed by atoms with Gasteiger partial charge in [-0.25, -0.2) is 8.42 Å². The zero-order valence-electron chi connectivity index (χ0n) is 11.0. The number of carboxylic acids is 1. The van der Waals surface area contributed by atoms with Gasteiger partial charge < -0.3 is 5.11 Å². The summed E-state index contributed by atoms with van der Waals surface area (Å²) >= 11 is 3.22. The summed E-state index contributed by atoms with van der Waals surface area (Å²) < 4.78 is 27.7. The lowest BCUT2D eigenvalue weighted by Gasteiger charge is -2.25. The number of rotatable bonds is 4. The van der Waals surface area contributed by atoms with Crippen molar-refractivity contribution in [3.8, 4) is 0 Å². The molecule has 0 aromatic heterocycles. The molecule has 0 heterocycles. The summed E-state index contributed by atoms with van der Waals surface area (Å²) in [5, 5.41) is 9.35. The number of aryl methyl sites for hydroxylation is 1. The average Bonchev–Trinajstić information content (AvgIpc) is 2.77. The van der Waals surface area contributed by atoms with E-state index in [-0.39, 0.29) is 4.90 Å². The van der Waals surface area contributed by atoms with Crippen molar-refractivity contribution >= 4 is 31.9 Å². The van der Waals surface area contributed by atoms with Gasteiger partial charge in [0.05, 0.1) is 4.90 Å². The van der Waals surface area contributed by atoms with Gasteiger partial charge in [0.1, 0.15) is 5.54 Å². The molecule has 20 heavy (non-hydrogen) atoms. The second kappa shape index (κ2) is 5.46. The van der Waals surface area contributed by atoms with Crippen LogP contribution < -0.4 is 4.72 Å². The number of benzene rings is 1. The van der Waals surface area contributed by atoms with Crippen LogP contribution in [0.5, 0.6) is 0 Å². The fourth-order valence-corrected chi connectivity index (χ4v) is 5.09. The van der Waals surface area contributed by atoms with E-state index in [0.29, 0.717) is 30.2 Å². The Morgan fingerprint density at radius 1 is 1.35 bits per heavy atom. The number of carboxylic acid groups (broad SMARTS) is 1. The molecule has 0 saturated heterocycles. The smallest absolute Gasteiger partial charge is 0.324 e. The molecule has 0 unspecified atom stereocenters. The van der Waals surface area contributed by atoms with Crippen LogP contribution in [0.3, 0.4) is 0 Å². The summed E-state index contributed by atoms with van der Waals surface area (Å²) in [7, 11) is -3.87. The highest BCUT2D eigenvalue weighted by Gasteiger charge is 2.45. The number of carbonyl (C=O) groups is 1. The predicted molar refractivity (Wildman–Crippen MR) is 78.0 cm³/mol. The fourth-order valence-electron chi connectivity index (χ4n) is 2.47. The Morgan fingerprint density at radius 3 is 2.45 bits per heavy atom. The van der Waals surface area contributed by atoms with E-state index >= 15 is 0 Å². The predicted octanol–water partition coefficient (Wildman–Crippen LogP) is 2.43. The largest absolute Gasteiger partial charge is 0.480 e. The summed E-state index contributed by atoms with van der Waals surface area (Å²) in [4.78, 5) is 11.5. The van der Waals surface area contributed by atoms with Gasteiger partial charge in [0.2, 0.25) is 10.0 Å². The number of sulfonamides is 1. The van der Waals surface area contributed by atoms with Crippen LogP contribution in [0.4, 0.5) is 0 Å². The highest BCUT2D eigenvalue weighted by atomic mass is 79.9. The van der Waals surface area contributed by atoms with Crippen LogP contribution in [0.1, 0.15) is 31.2 Å². The van der Waals surface area contributed by atoms with Crippen molar-refractivity contribution in [2.75, 3.05) is 0 Å². The van der Waals surface area contributed by atoms with Crippen molar-refractivity contribution in [1.29, 1.82) is 0 Å². The van der Waals surface area contributed by atoms with Gasteiger partial charge in [-0.15, -0.1) is 0 Å². The third-order valence-corrected chi connectivity index (χ3v) is 6.09. The molecule has 1 saturated carbocycles. The van der Waals surface area contributed by atoms with E-state index in [4.69, 9.17) is 0 Å². The van der Waals surface area contributed by atoms with Gasteiger partial charge >= 0.3 is 5.97 Å². The van der Waals surface area contributed by atoms with Crippen LogP contribution in [0, 0.1) is 6.92 Å². The molecule has 0 atom stereocenters. The molecule has 110 valence electrons. The minimum Gasteiger partial charge on any atom is -0.480 e. The molecule has 5 nitrogen and oxygen atoms in total. The lowest BCUT2D eigenvalue weighted by Crippen LogP contribution is -2.52. The van der Waals surface area contributed by atoms with E-state index < -0.39 is 21.5 Å². The second-order valence-corrected chi connectivity index (χ2v) is 7.64. The Hall–Kier alpha value is -0.920. The molecule has 0 spiro atoms. The first kappa shape index (κ1) is 15.5. The maximum Gasteiger partial charge on any atom is 0.324 e. The normalized spacial score (nSPS) is 18.1. The molecule has 1 fully saturated rings. The lowest BCUT2D eigenvalue weighted by molar-refractivity contribution is -0.143. The molecule has 2 rings (SSSR count). The Balaban J connectivity index is 2.38. The molecular formula is C13H16BrNO4S. The van der Waals surface area contributed by atoms with E-state index in [1.807, 2.05) is 6.92 Å². The molecule has 1 aromatic rings. The van der Waals surface area contributed by atoms with Crippen LogP contribution in [0.15, 0.2) is 27.6 Å². The van der Waals surface area contributed by atoms with E-state index in [2.05, 4.69) is 20.7 Å². The summed E-state index contributed by atoms with van der Waals surface area (Å²) in [6.45, 7) is 1.85. The highest BCUT2D eigenvalue weighted by molar-refractivity contribution is 9.10. The van der Waals surface area contributed by atoms with Crippen molar-refractivity contribution < 1.29 is 18.3 Å². The van der Waals surface area contributed by atoms with E-state index in [0.717, 1.165) is 5.56 Å². The van der Waals surface area contributed by atoms with Crippen LogP contribution in [0.25, 0.3) is 0 Å². The highest BCUT2D eigenvalue weighted by Crippen LogP contribution is 2.33. The number of hydrogen-bond donors (Lipinski definition) is 2. The van der Waals surface area contributed by atoms with Crippen molar-refractivity contribution in [3.05, 3.63) is 28.2 Å². The zero-order chi connectivity index (χ0) is 15.0.